The van der Waals surface area contributed by atoms with Crippen LogP contribution in [0.25, 0.3) is 11.3 Å². The van der Waals surface area contributed by atoms with Crippen LogP contribution in [0.1, 0.15) is 48.7 Å². The van der Waals surface area contributed by atoms with Gasteiger partial charge >= 0.3 is 0 Å². The SMILES string of the molecule is CC(=O)N1CCc2cc(C(=O)[C@@H](C)Sc3ncc(-c4ccccc4)n3C3CC3)ccc21. The largest absolute Gasteiger partial charge is 0.316 e. The second kappa shape index (κ2) is 8.00. The highest BCUT2D eigenvalue weighted by Gasteiger charge is 2.31. The molecular formula is C25H25N3O2S. The van der Waals surface area contributed by atoms with Gasteiger partial charge in [-0.05, 0) is 55.5 Å². The Bertz CT molecular complexity index is 1150. The fourth-order valence-electron chi connectivity index (χ4n) is 4.27. The standard InChI is InChI=1S/C25H25N3O2S/c1-16(24(30)20-8-11-22-19(14-20)12-13-27(22)17(2)29)31-25-26-15-23(28(25)21-9-10-21)18-6-4-3-5-7-18/h3-8,11,14-16,21H,9-10,12-13H2,1-2H3/t16-/m1/s1. The van der Waals surface area contributed by atoms with E-state index in [9.17, 15) is 9.59 Å². The van der Waals surface area contributed by atoms with Crippen LogP contribution in [0.2, 0.25) is 0 Å². The van der Waals surface area contributed by atoms with Gasteiger partial charge in [-0.25, -0.2) is 4.98 Å². The number of rotatable bonds is 6. The summed E-state index contributed by atoms with van der Waals surface area (Å²) in [6.45, 7) is 4.22. The van der Waals surface area contributed by atoms with Crippen molar-refractivity contribution in [3.05, 3.63) is 65.9 Å². The van der Waals surface area contributed by atoms with E-state index in [0.717, 1.165) is 46.9 Å². The number of nitrogens with zero attached hydrogens (tertiary/aromatic N) is 3. The fourth-order valence-corrected chi connectivity index (χ4v) is 5.30. The summed E-state index contributed by atoms with van der Waals surface area (Å²) in [7, 11) is 0. The molecule has 0 radical (unpaired) electrons. The van der Waals surface area contributed by atoms with Crippen molar-refractivity contribution in [2.24, 2.45) is 0 Å². The molecule has 1 fully saturated rings. The Hall–Kier alpha value is -2.86. The summed E-state index contributed by atoms with van der Waals surface area (Å²) in [6.07, 6.45) is 5.04. The third-order valence-electron chi connectivity index (χ3n) is 6.04. The molecule has 5 rings (SSSR count). The van der Waals surface area contributed by atoms with Crippen LogP contribution in [0.4, 0.5) is 5.69 Å². The molecule has 2 aliphatic rings. The zero-order chi connectivity index (χ0) is 21.5. The van der Waals surface area contributed by atoms with E-state index in [1.807, 2.05) is 49.5 Å². The minimum atomic E-state index is -0.244. The molecule has 1 saturated carbocycles. The first-order valence-corrected chi connectivity index (χ1v) is 11.7. The second-order valence-corrected chi connectivity index (χ2v) is 9.59. The highest BCUT2D eigenvalue weighted by molar-refractivity contribution is 8.00. The van der Waals surface area contributed by atoms with Crippen molar-refractivity contribution in [3.63, 3.8) is 0 Å². The number of carbonyl (C=O) groups excluding carboxylic acids is 2. The van der Waals surface area contributed by atoms with Crippen molar-refractivity contribution >= 4 is 29.1 Å². The van der Waals surface area contributed by atoms with Gasteiger partial charge in [0, 0.05) is 30.8 Å². The molecule has 1 aromatic heterocycles. The van der Waals surface area contributed by atoms with E-state index in [-0.39, 0.29) is 16.9 Å². The van der Waals surface area contributed by atoms with Crippen molar-refractivity contribution < 1.29 is 9.59 Å². The number of Topliss-reactive ketones (excluding diaryl/α,β-unsaturated/α-hetero) is 1. The van der Waals surface area contributed by atoms with Gasteiger partial charge in [0.1, 0.15) is 0 Å². The molecular weight excluding hydrogens is 406 g/mol. The number of carbonyl (C=O) groups is 2. The molecule has 0 unspecified atom stereocenters. The molecule has 5 nitrogen and oxygen atoms in total. The van der Waals surface area contributed by atoms with Crippen LogP contribution in [-0.4, -0.2) is 33.0 Å². The molecule has 0 saturated heterocycles. The number of amides is 1. The number of hydrogen-bond acceptors (Lipinski definition) is 4. The predicted molar refractivity (Wildman–Crippen MR) is 124 cm³/mol. The highest BCUT2D eigenvalue weighted by atomic mass is 32.2. The normalized spacial score (nSPS) is 16.3. The van der Waals surface area contributed by atoms with Crippen LogP contribution >= 0.6 is 11.8 Å². The van der Waals surface area contributed by atoms with Crippen LogP contribution in [0.15, 0.2) is 59.9 Å². The summed E-state index contributed by atoms with van der Waals surface area (Å²) in [5, 5.41) is 0.665. The number of hydrogen-bond donors (Lipinski definition) is 0. The Morgan fingerprint density at radius 2 is 1.90 bits per heavy atom. The molecule has 1 amide bonds. The van der Waals surface area contributed by atoms with Crippen LogP contribution in [-0.2, 0) is 11.2 Å². The van der Waals surface area contributed by atoms with E-state index in [2.05, 4.69) is 21.7 Å². The van der Waals surface area contributed by atoms with Gasteiger partial charge in [-0.2, -0.15) is 0 Å². The topological polar surface area (TPSA) is 55.2 Å². The summed E-state index contributed by atoms with van der Waals surface area (Å²) >= 11 is 1.53. The summed E-state index contributed by atoms with van der Waals surface area (Å²) in [5.41, 5.74) is 4.98. The molecule has 31 heavy (non-hydrogen) atoms. The molecule has 0 N–H and O–H groups in total. The molecule has 2 heterocycles. The molecule has 0 bridgehead atoms. The zero-order valence-corrected chi connectivity index (χ0v) is 18.6. The van der Waals surface area contributed by atoms with E-state index in [1.54, 1.807) is 11.8 Å². The number of benzene rings is 2. The quantitative estimate of drug-likeness (QED) is 0.400. The Kier molecular flexibility index (Phi) is 5.18. The Labute approximate surface area is 186 Å². The smallest absolute Gasteiger partial charge is 0.223 e. The number of anilines is 1. The number of ketones is 1. The lowest BCUT2D eigenvalue weighted by atomic mass is 10.0. The van der Waals surface area contributed by atoms with Crippen LogP contribution in [0, 0.1) is 0 Å². The van der Waals surface area contributed by atoms with Crippen molar-refractivity contribution in [2.45, 2.75) is 49.6 Å². The van der Waals surface area contributed by atoms with E-state index < -0.39 is 0 Å². The molecule has 2 aromatic carbocycles. The van der Waals surface area contributed by atoms with Gasteiger partial charge in [-0.15, -0.1) is 0 Å². The van der Waals surface area contributed by atoms with Crippen molar-refractivity contribution in [1.29, 1.82) is 0 Å². The van der Waals surface area contributed by atoms with Crippen molar-refractivity contribution in [1.82, 2.24) is 9.55 Å². The molecule has 6 heteroatoms. The molecule has 0 spiro atoms. The van der Waals surface area contributed by atoms with Crippen LogP contribution < -0.4 is 4.90 Å². The number of thioether (sulfide) groups is 1. The first-order valence-electron chi connectivity index (χ1n) is 10.8. The van der Waals surface area contributed by atoms with E-state index in [4.69, 9.17) is 0 Å². The lowest BCUT2D eigenvalue weighted by molar-refractivity contribution is -0.116. The van der Waals surface area contributed by atoms with E-state index in [0.29, 0.717) is 18.2 Å². The second-order valence-electron chi connectivity index (χ2n) is 8.28. The molecule has 158 valence electrons. The fraction of sp³-hybridized carbons (Fsp3) is 0.320. The van der Waals surface area contributed by atoms with Gasteiger partial charge in [0.05, 0.1) is 17.1 Å². The minimum absolute atomic E-state index is 0.0443. The zero-order valence-electron chi connectivity index (χ0n) is 17.7. The molecule has 3 aromatic rings. The molecule has 1 aliphatic heterocycles. The number of imidazole rings is 1. The Morgan fingerprint density at radius 1 is 1.13 bits per heavy atom. The van der Waals surface area contributed by atoms with Gasteiger partial charge in [-0.1, -0.05) is 42.1 Å². The maximum atomic E-state index is 13.2. The van der Waals surface area contributed by atoms with E-state index >= 15 is 0 Å². The van der Waals surface area contributed by atoms with E-state index in [1.165, 1.54) is 11.8 Å². The van der Waals surface area contributed by atoms with Crippen LogP contribution in [0.5, 0.6) is 0 Å². The maximum absolute atomic E-state index is 13.2. The summed E-state index contributed by atoms with van der Waals surface area (Å²) in [6, 6.07) is 16.5. The van der Waals surface area contributed by atoms with Gasteiger partial charge in [-0.3, -0.25) is 9.59 Å². The Balaban J connectivity index is 1.38. The minimum Gasteiger partial charge on any atom is -0.316 e. The third kappa shape index (κ3) is 3.81. The molecule has 1 atom stereocenters. The van der Waals surface area contributed by atoms with Gasteiger partial charge in [0.25, 0.3) is 0 Å². The number of fused-ring (bicyclic) bond motifs is 1. The molecule has 1 aliphatic carbocycles. The van der Waals surface area contributed by atoms with Crippen LogP contribution in [0.3, 0.4) is 0 Å². The average molecular weight is 432 g/mol. The first-order chi connectivity index (χ1) is 15.0. The van der Waals surface area contributed by atoms with Gasteiger partial charge in [0.15, 0.2) is 10.9 Å². The lowest BCUT2D eigenvalue weighted by Crippen LogP contribution is -2.25. The predicted octanol–water partition coefficient (Wildman–Crippen LogP) is 5.16. The summed E-state index contributed by atoms with van der Waals surface area (Å²) < 4.78 is 2.30. The van der Waals surface area contributed by atoms with Gasteiger partial charge < -0.3 is 9.47 Å². The highest BCUT2D eigenvalue weighted by Crippen LogP contribution is 2.43. The monoisotopic (exact) mass is 431 g/mol. The van der Waals surface area contributed by atoms with Crippen molar-refractivity contribution in [3.8, 4) is 11.3 Å². The average Bonchev–Trinajstić information content (AvgIpc) is 3.39. The van der Waals surface area contributed by atoms with Crippen molar-refractivity contribution in [2.75, 3.05) is 11.4 Å². The maximum Gasteiger partial charge on any atom is 0.223 e. The Morgan fingerprint density at radius 3 is 2.61 bits per heavy atom. The first kappa shape index (κ1) is 20.1. The summed E-state index contributed by atoms with van der Waals surface area (Å²) in [5.74, 6) is 0.142. The number of aromatic nitrogens is 2. The third-order valence-corrected chi connectivity index (χ3v) is 7.12. The lowest BCUT2D eigenvalue weighted by Gasteiger charge is -2.16. The van der Waals surface area contributed by atoms with Gasteiger partial charge in [0.2, 0.25) is 5.91 Å². The summed E-state index contributed by atoms with van der Waals surface area (Å²) in [4.78, 5) is 31.4.